The molecule has 0 bridgehead atoms. The van der Waals surface area contributed by atoms with Crippen molar-refractivity contribution >= 4 is 5.96 Å². The molecule has 0 amide bonds. The summed E-state index contributed by atoms with van der Waals surface area (Å²) in [7, 11) is 3.62. The monoisotopic (exact) mass is 269 g/mol. The quantitative estimate of drug-likeness (QED) is 0.672. The van der Waals surface area contributed by atoms with Crippen LogP contribution in [0.25, 0.3) is 0 Å². The maximum atomic E-state index is 12.3. The van der Waals surface area contributed by atoms with E-state index in [9.17, 15) is 8.78 Å². The van der Waals surface area contributed by atoms with Gasteiger partial charge < -0.3 is 15.4 Å². The van der Waals surface area contributed by atoms with E-state index in [1.807, 2.05) is 20.2 Å². The van der Waals surface area contributed by atoms with E-state index in [4.69, 9.17) is 5.73 Å². The van der Waals surface area contributed by atoms with E-state index in [0.29, 0.717) is 5.96 Å². The summed E-state index contributed by atoms with van der Waals surface area (Å²) in [6.45, 7) is -2.81. The first-order valence-electron chi connectivity index (χ1n) is 6.03. The van der Waals surface area contributed by atoms with Crippen LogP contribution < -0.4 is 10.5 Å². The summed E-state index contributed by atoms with van der Waals surface area (Å²) in [4.78, 5) is 6.06. The molecular weight excluding hydrogens is 252 g/mol. The van der Waals surface area contributed by atoms with Crippen molar-refractivity contribution in [3.8, 4) is 5.75 Å². The lowest BCUT2D eigenvalue weighted by molar-refractivity contribution is -0.0504. The molecule has 2 atom stereocenters. The minimum Gasteiger partial charge on any atom is -0.435 e. The second-order valence-electron chi connectivity index (χ2n) is 4.71. The molecule has 0 aromatic heterocycles. The van der Waals surface area contributed by atoms with Gasteiger partial charge in [-0.3, -0.25) is 0 Å². The van der Waals surface area contributed by atoms with Crippen LogP contribution in [-0.4, -0.2) is 37.6 Å². The first kappa shape index (κ1) is 13.6. The molecule has 0 heterocycles. The Bertz CT molecular complexity index is 477. The highest BCUT2D eigenvalue weighted by molar-refractivity contribution is 5.78. The molecule has 0 unspecified atom stereocenters. The number of nitrogens with zero attached hydrogens (tertiary/aromatic N) is 2. The van der Waals surface area contributed by atoms with E-state index in [-0.39, 0.29) is 17.7 Å². The number of guanidine groups is 1. The maximum absolute atomic E-state index is 12.3. The highest BCUT2D eigenvalue weighted by atomic mass is 19.3. The highest BCUT2D eigenvalue weighted by Crippen LogP contribution is 2.47. The van der Waals surface area contributed by atoms with Crippen LogP contribution in [0, 0.1) is 0 Å². The molecular formula is C13H17F2N3O. The largest absolute Gasteiger partial charge is 0.435 e. The van der Waals surface area contributed by atoms with Gasteiger partial charge >= 0.3 is 6.61 Å². The molecule has 6 heteroatoms. The van der Waals surface area contributed by atoms with Crippen LogP contribution in [-0.2, 0) is 0 Å². The van der Waals surface area contributed by atoms with Crippen molar-refractivity contribution in [3.63, 3.8) is 0 Å². The zero-order chi connectivity index (χ0) is 14.0. The van der Waals surface area contributed by atoms with Gasteiger partial charge in [0, 0.05) is 20.0 Å². The molecule has 1 saturated carbocycles. The van der Waals surface area contributed by atoms with Gasteiger partial charge in [0.25, 0.3) is 0 Å². The highest BCUT2D eigenvalue weighted by Gasteiger charge is 2.40. The van der Waals surface area contributed by atoms with Crippen LogP contribution in [0.15, 0.2) is 29.3 Å². The van der Waals surface area contributed by atoms with Gasteiger partial charge in [0.05, 0.1) is 6.04 Å². The Morgan fingerprint density at radius 1 is 1.42 bits per heavy atom. The molecule has 2 rings (SSSR count). The average molecular weight is 269 g/mol. The van der Waals surface area contributed by atoms with Gasteiger partial charge in [-0.2, -0.15) is 8.78 Å². The number of alkyl halides is 2. The van der Waals surface area contributed by atoms with Gasteiger partial charge in [-0.15, -0.1) is 0 Å². The third-order valence-corrected chi connectivity index (χ3v) is 3.05. The standard InChI is InChI=1S/C13H17F2N3O/c1-18(2)13(16)17-10-7-9(10)8-5-3-4-6-11(8)19-12(14)15/h3-6,9-10,12H,7H2,1-2H3,(H2,16,17)/t9-,10+/m1/s1. The zero-order valence-corrected chi connectivity index (χ0v) is 10.9. The van der Waals surface area contributed by atoms with Crippen LogP contribution in [0.4, 0.5) is 8.78 Å². The SMILES string of the molecule is CN(C)C(N)=N[C@H]1C[C@@H]1c1ccccc1OC(F)F. The normalized spacial score (nSPS) is 22.5. The number of para-hydroxylation sites is 1. The fraction of sp³-hybridized carbons (Fsp3) is 0.462. The van der Waals surface area contributed by atoms with Crippen LogP contribution in [0.2, 0.25) is 0 Å². The number of benzene rings is 1. The molecule has 0 spiro atoms. The Morgan fingerprint density at radius 2 is 2.11 bits per heavy atom. The van der Waals surface area contributed by atoms with Gasteiger partial charge in [-0.05, 0) is 18.1 Å². The van der Waals surface area contributed by atoms with Crippen molar-refractivity contribution in [2.45, 2.75) is 25.0 Å². The summed E-state index contributed by atoms with van der Waals surface area (Å²) in [5, 5.41) is 0. The van der Waals surface area contributed by atoms with E-state index >= 15 is 0 Å². The summed E-state index contributed by atoms with van der Waals surface area (Å²) in [5.74, 6) is 0.775. The predicted octanol–water partition coefficient (Wildman–Crippen LogP) is 2.02. The predicted molar refractivity (Wildman–Crippen MR) is 69.5 cm³/mol. The van der Waals surface area contributed by atoms with Crippen molar-refractivity contribution in [1.29, 1.82) is 0 Å². The summed E-state index contributed by atoms with van der Waals surface area (Å²) >= 11 is 0. The Kier molecular flexibility index (Phi) is 3.87. The van der Waals surface area contributed by atoms with Gasteiger partial charge in [-0.25, -0.2) is 4.99 Å². The minimum atomic E-state index is -2.81. The molecule has 0 radical (unpaired) electrons. The lowest BCUT2D eigenvalue weighted by Gasteiger charge is -2.11. The molecule has 1 aromatic rings. The second-order valence-corrected chi connectivity index (χ2v) is 4.71. The van der Waals surface area contributed by atoms with Crippen molar-refractivity contribution < 1.29 is 13.5 Å². The molecule has 4 nitrogen and oxygen atoms in total. The van der Waals surface area contributed by atoms with E-state index in [0.717, 1.165) is 12.0 Å². The number of rotatable bonds is 4. The van der Waals surface area contributed by atoms with Gasteiger partial charge in [-0.1, -0.05) is 18.2 Å². The molecule has 0 saturated heterocycles. The number of ether oxygens (including phenoxy) is 1. The summed E-state index contributed by atoms with van der Waals surface area (Å²) in [6, 6.07) is 6.88. The molecule has 19 heavy (non-hydrogen) atoms. The zero-order valence-electron chi connectivity index (χ0n) is 10.9. The Hall–Kier alpha value is -1.85. The smallest absolute Gasteiger partial charge is 0.387 e. The van der Waals surface area contributed by atoms with Gasteiger partial charge in [0.15, 0.2) is 5.96 Å². The lowest BCUT2D eigenvalue weighted by Crippen LogP contribution is -2.30. The topological polar surface area (TPSA) is 50.8 Å². The van der Waals surface area contributed by atoms with Crippen molar-refractivity contribution in [1.82, 2.24) is 4.90 Å². The van der Waals surface area contributed by atoms with Gasteiger partial charge in [0.1, 0.15) is 5.75 Å². The number of aliphatic imine (C=N–C) groups is 1. The Labute approximate surface area is 110 Å². The Morgan fingerprint density at radius 3 is 2.74 bits per heavy atom. The average Bonchev–Trinajstić information content (AvgIpc) is 3.08. The van der Waals surface area contributed by atoms with E-state index in [1.165, 1.54) is 0 Å². The lowest BCUT2D eigenvalue weighted by atomic mass is 10.1. The summed E-state index contributed by atoms with van der Waals surface area (Å²) in [5.41, 5.74) is 6.51. The van der Waals surface area contributed by atoms with Crippen LogP contribution in [0.1, 0.15) is 17.9 Å². The first-order chi connectivity index (χ1) is 8.99. The van der Waals surface area contributed by atoms with Crippen molar-refractivity contribution in [2.75, 3.05) is 14.1 Å². The maximum Gasteiger partial charge on any atom is 0.387 e. The third kappa shape index (κ3) is 3.33. The molecule has 1 fully saturated rings. The minimum absolute atomic E-state index is 0.0461. The first-order valence-corrected chi connectivity index (χ1v) is 6.03. The fourth-order valence-electron chi connectivity index (χ4n) is 1.93. The number of halogens is 2. The fourth-order valence-corrected chi connectivity index (χ4v) is 1.93. The van der Waals surface area contributed by atoms with E-state index in [2.05, 4.69) is 9.73 Å². The number of nitrogens with two attached hydrogens (primary N) is 1. The van der Waals surface area contributed by atoms with Crippen LogP contribution >= 0.6 is 0 Å². The molecule has 1 aromatic carbocycles. The van der Waals surface area contributed by atoms with Crippen LogP contribution in [0.3, 0.4) is 0 Å². The van der Waals surface area contributed by atoms with E-state index in [1.54, 1.807) is 23.1 Å². The third-order valence-electron chi connectivity index (χ3n) is 3.05. The van der Waals surface area contributed by atoms with Crippen molar-refractivity contribution in [2.24, 2.45) is 10.7 Å². The molecule has 104 valence electrons. The molecule has 1 aliphatic carbocycles. The van der Waals surface area contributed by atoms with Gasteiger partial charge in [0.2, 0.25) is 0 Å². The Balaban J connectivity index is 2.11. The summed E-state index contributed by atoms with van der Waals surface area (Å²) in [6.07, 6.45) is 0.804. The van der Waals surface area contributed by atoms with E-state index < -0.39 is 6.61 Å². The van der Waals surface area contributed by atoms with Crippen LogP contribution in [0.5, 0.6) is 5.75 Å². The summed E-state index contributed by atoms with van der Waals surface area (Å²) < 4.78 is 29.2. The number of hydrogen-bond donors (Lipinski definition) is 1. The molecule has 2 N–H and O–H groups in total. The molecule has 0 aliphatic heterocycles. The second kappa shape index (κ2) is 5.42. The molecule has 1 aliphatic rings. The number of hydrogen-bond acceptors (Lipinski definition) is 2. The van der Waals surface area contributed by atoms with Crippen molar-refractivity contribution in [3.05, 3.63) is 29.8 Å².